The second kappa shape index (κ2) is 8.39. The Balaban J connectivity index is 1.43. The van der Waals surface area contributed by atoms with Crippen LogP contribution in [-0.2, 0) is 4.79 Å². The van der Waals surface area contributed by atoms with E-state index in [1.807, 2.05) is 4.90 Å². The highest BCUT2D eigenvalue weighted by molar-refractivity contribution is 5.92. The third-order valence-electron chi connectivity index (χ3n) is 4.05. The summed E-state index contributed by atoms with van der Waals surface area (Å²) in [4.78, 5) is 31.9. The van der Waals surface area contributed by atoms with Gasteiger partial charge in [-0.3, -0.25) is 14.7 Å². The van der Waals surface area contributed by atoms with E-state index in [4.69, 9.17) is 0 Å². The summed E-state index contributed by atoms with van der Waals surface area (Å²) in [5.41, 5.74) is 1.08. The van der Waals surface area contributed by atoms with Gasteiger partial charge < -0.3 is 15.5 Å². The second-order valence-electron chi connectivity index (χ2n) is 5.99. The molecule has 0 unspecified atom stereocenters. The first-order valence-electron chi connectivity index (χ1n) is 8.34. The maximum Gasteiger partial charge on any atom is 0.321 e. The number of aromatic nitrogens is 1. The minimum atomic E-state index is -0.393. The first-order valence-corrected chi connectivity index (χ1v) is 8.34. The van der Waals surface area contributed by atoms with Crippen molar-refractivity contribution < 1.29 is 14.0 Å². The molecule has 1 aromatic heterocycles. The van der Waals surface area contributed by atoms with Gasteiger partial charge in [-0.2, -0.15) is 0 Å². The van der Waals surface area contributed by atoms with Crippen molar-refractivity contribution in [1.82, 2.24) is 14.8 Å². The van der Waals surface area contributed by atoms with Gasteiger partial charge in [0, 0.05) is 38.1 Å². The highest BCUT2D eigenvalue weighted by atomic mass is 19.1. The quantitative estimate of drug-likeness (QED) is 0.878. The molecule has 1 aliphatic heterocycles. The van der Waals surface area contributed by atoms with Gasteiger partial charge in [0.25, 0.3) is 0 Å². The molecule has 0 aliphatic carbocycles. The third-order valence-corrected chi connectivity index (χ3v) is 4.05. The van der Waals surface area contributed by atoms with Crippen molar-refractivity contribution in [3.05, 3.63) is 54.6 Å². The fraction of sp³-hybridized carbons (Fsp3) is 0.278. The van der Waals surface area contributed by atoms with E-state index in [0.717, 1.165) is 0 Å². The predicted octanol–water partition coefficient (Wildman–Crippen LogP) is 2.01. The van der Waals surface area contributed by atoms with Crippen LogP contribution in [0.1, 0.15) is 0 Å². The summed E-state index contributed by atoms with van der Waals surface area (Å²) >= 11 is 0. The molecule has 7 nitrogen and oxygen atoms in total. The zero-order chi connectivity index (χ0) is 18.4. The Bertz CT molecular complexity index is 763. The number of hydrogen-bond acceptors (Lipinski definition) is 4. The summed E-state index contributed by atoms with van der Waals surface area (Å²) < 4.78 is 13.1. The van der Waals surface area contributed by atoms with Crippen molar-refractivity contribution in [3.8, 4) is 0 Å². The van der Waals surface area contributed by atoms with Crippen LogP contribution in [0.4, 0.5) is 20.6 Å². The largest absolute Gasteiger partial charge is 0.325 e. The molecular weight excluding hydrogens is 337 g/mol. The number of nitrogens with one attached hydrogen (secondary N) is 2. The van der Waals surface area contributed by atoms with Crippen molar-refractivity contribution in [2.45, 2.75) is 0 Å². The van der Waals surface area contributed by atoms with Crippen LogP contribution in [0.15, 0.2) is 48.8 Å². The SMILES string of the molecule is O=C(CN1CCN(C(=O)Nc2cccnc2)CC1)Nc1cccc(F)c1. The Morgan fingerprint density at radius 1 is 1.04 bits per heavy atom. The van der Waals surface area contributed by atoms with Crippen LogP contribution in [0, 0.1) is 5.82 Å². The van der Waals surface area contributed by atoms with Crippen molar-refractivity contribution in [3.63, 3.8) is 0 Å². The van der Waals surface area contributed by atoms with Crippen LogP contribution >= 0.6 is 0 Å². The van der Waals surface area contributed by atoms with Gasteiger partial charge in [-0.1, -0.05) is 6.07 Å². The van der Waals surface area contributed by atoms with Gasteiger partial charge in [-0.25, -0.2) is 9.18 Å². The highest BCUT2D eigenvalue weighted by Crippen LogP contribution is 2.10. The number of hydrogen-bond donors (Lipinski definition) is 2. The topological polar surface area (TPSA) is 77.6 Å². The van der Waals surface area contributed by atoms with E-state index >= 15 is 0 Å². The molecule has 1 aromatic carbocycles. The molecule has 0 bridgehead atoms. The second-order valence-corrected chi connectivity index (χ2v) is 5.99. The number of anilines is 2. The van der Waals surface area contributed by atoms with Crippen molar-refractivity contribution >= 4 is 23.3 Å². The Kier molecular flexibility index (Phi) is 5.75. The lowest BCUT2D eigenvalue weighted by molar-refractivity contribution is -0.117. The molecule has 8 heteroatoms. The number of carbonyl (C=O) groups excluding carboxylic acids is 2. The van der Waals surface area contributed by atoms with Crippen LogP contribution in [0.5, 0.6) is 0 Å². The van der Waals surface area contributed by atoms with Crippen LogP contribution in [0.3, 0.4) is 0 Å². The predicted molar refractivity (Wildman–Crippen MR) is 96.3 cm³/mol. The standard InChI is InChI=1S/C18H20FN5O2/c19-14-3-1-4-15(11-14)21-17(25)13-23-7-9-24(10-8-23)18(26)22-16-5-2-6-20-12-16/h1-6,11-12H,7-10,13H2,(H,21,25)(H,22,26). The normalized spacial score (nSPS) is 14.7. The van der Waals surface area contributed by atoms with Crippen molar-refractivity contribution in [1.29, 1.82) is 0 Å². The lowest BCUT2D eigenvalue weighted by Gasteiger charge is -2.34. The van der Waals surface area contributed by atoms with Crippen molar-refractivity contribution in [2.75, 3.05) is 43.4 Å². The number of halogens is 1. The Morgan fingerprint density at radius 2 is 1.81 bits per heavy atom. The number of amides is 3. The number of benzene rings is 1. The zero-order valence-corrected chi connectivity index (χ0v) is 14.2. The summed E-state index contributed by atoms with van der Waals surface area (Å²) in [6.07, 6.45) is 3.23. The molecule has 3 rings (SSSR count). The molecule has 1 fully saturated rings. The molecule has 2 N–H and O–H groups in total. The monoisotopic (exact) mass is 357 g/mol. The van der Waals surface area contributed by atoms with Gasteiger partial charge in [0.15, 0.2) is 0 Å². The number of pyridine rings is 1. The number of carbonyl (C=O) groups is 2. The number of piperazine rings is 1. The number of urea groups is 1. The van der Waals surface area contributed by atoms with Gasteiger partial charge in [0.05, 0.1) is 18.4 Å². The van der Waals surface area contributed by atoms with Crippen LogP contribution in [-0.4, -0.2) is 59.4 Å². The molecule has 2 aromatic rings. The van der Waals surface area contributed by atoms with Gasteiger partial charge in [0.1, 0.15) is 5.82 Å². The zero-order valence-electron chi connectivity index (χ0n) is 14.2. The van der Waals surface area contributed by atoms with E-state index in [1.165, 1.54) is 12.1 Å². The third kappa shape index (κ3) is 5.00. The molecule has 1 saturated heterocycles. The fourth-order valence-corrected chi connectivity index (χ4v) is 2.72. The van der Waals surface area contributed by atoms with Gasteiger partial charge in [-0.05, 0) is 30.3 Å². The number of rotatable bonds is 4. The van der Waals surface area contributed by atoms with E-state index in [1.54, 1.807) is 41.6 Å². The smallest absolute Gasteiger partial charge is 0.321 e. The highest BCUT2D eigenvalue weighted by Gasteiger charge is 2.22. The summed E-state index contributed by atoms with van der Waals surface area (Å²) in [7, 11) is 0. The molecule has 2 heterocycles. The molecule has 136 valence electrons. The van der Waals surface area contributed by atoms with Gasteiger partial charge >= 0.3 is 6.03 Å². The van der Waals surface area contributed by atoms with Crippen LogP contribution in [0.25, 0.3) is 0 Å². The molecular formula is C18H20FN5O2. The Labute approximate surface area is 150 Å². The van der Waals surface area contributed by atoms with E-state index in [9.17, 15) is 14.0 Å². The van der Waals surface area contributed by atoms with Crippen molar-refractivity contribution in [2.24, 2.45) is 0 Å². The maximum atomic E-state index is 13.1. The average Bonchev–Trinajstić information content (AvgIpc) is 2.63. The molecule has 1 aliphatic rings. The lowest BCUT2D eigenvalue weighted by Crippen LogP contribution is -2.51. The molecule has 3 amide bonds. The molecule has 0 spiro atoms. The van der Waals surface area contributed by atoms with Crippen LogP contribution in [0.2, 0.25) is 0 Å². The first kappa shape index (κ1) is 17.8. The average molecular weight is 357 g/mol. The Morgan fingerprint density at radius 3 is 2.50 bits per heavy atom. The van der Waals surface area contributed by atoms with Crippen LogP contribution < -0.4 is 10.6 Å². The molecule has 26 heavy (non-hydrogen) atoms. The molecule has 0 atom stereocenters. The maximum absolute atomic E-state index is 13.1. The lowest BCUT2D eigenvalue weighted by atomic mass is 10.3. The Hall–Kier alpha value is -3.00. The fourth-order valence-electron chi connectivity index (χ4n) is 2.72. The summed E-state index contributed by atoms with van der Waals surface area (Å²) in [6, 6.07) is 9.14. The van der Waals surface area contributed by atoms with E-state index in [0.29, 0.717) is 37.6 Å². The number of nitrogens with zero attached hydrogens (tertiary/aromatic N) is 3. The minimum absolute atomic E-state index is 0.179. The summed E-state index contributed by atoms with van der Waals surface area (Å²) in [6.45, 7) is 2.45. The minimum Gasteiger partial charge on any atom is -0.325 e. The van der Waals surface area contributed by atoms with E-state index in [2.05, 4.69) is 15.6 Å². The molecule has 0 radical (unpaired) electrons. The van der Waals surface area contributed by atoms with E-state index in [-0.39, 0.29) is 18.5 Å². The molecule has 0 saturated carbocycles. The van der Waals surface area contributed by atoms with E-state index < -0.39 is 5.82 Å². The summed E-state index contributed by atoms with van der Waals surface area (Å²) in [5.74, 6) is -0.597. The van der Waals surface area contributed by atoms with Gasteiger partial charge in [-0.15, -0.1) is 0 Å². The van der Waals surface area contributed by atoms with Gasteiger partial charge in [0.2, 0.25) is 5.91 Å². The summed E-state index contributed by atoms with van der Waals surface area (Å²) in [5, 5.41) is 5.47. The first-order chi connectivity index (χ1) is 12.6.